The van der Waals surface area contributed by atoms with E-state index in [1.165, 1.54) is 0 Å². The zero-order valence-electron chi connectivity index (χ0n) is 10.7. The van der Waals surface area contributed by atoms with Crippen molar-refractivity contribution in [2.45, 2.75) is 52.2 Å². The maximum Gasteiger partial charge on any atom is 0.359 e. The molecule has 4 nitrogen and oxygen atoms in total. The number of rotatable bonds is 8. The molecule has 0 bridgehead atoms. The molecule has 0 aromatic rings. The first-order valence-electron chi connectivity index (χ1n) is 5.45. The van der Waals surface area contributed by atoms with Crippen LogP contribution in [0.1, 0.15) is 34.1 Å². The van der Waals surface area contributed by atoms with E-state index >= 15 is 0 Å². The molecule has 0 amide bonds. The molecule has 0 rings (SSSR count). The molecular weight excluding hydrogens is 247 g/mol. The van der Waals surface area contributed by atoms with Gasteiger partial charge in [-0.3, -0.25) is 4.57 Å². The van der Waals surface area contributed by atoms with Crippen molar-refractivity contribution < 1.29 is 18.7 Å². The summed E-state index contributed by atoms with van der Waals surface area (Å²) in [6.45, 7) is 7.10. The van der Waals surface area contributed by atoms with Gasteiger partial charge in [0, 0.05) is 0 Å². The zero-order valence-corrected chi connectivity index (χ0v) is 12.4. The Hall–Kier alpha value is 0.460. The number of aliphatic hydroxyl groups is 1. The average molecular weight is 270 g/mol. The van der Waals surface area contributed by atoms with Gasteiger partial charge in [-0.25, -0.2) is 0 Å². The molecule has 1 N–H and O–H groups in total. The Morgan fingerprint density at radius 3 is 1.94 bits per heavy atom. The molecule has 0 radical (unpaired) electrons. The van der Waals surface area contributed by atoms with Crippen molar-refractivity contribution in [1.82, 2.24) is 0 Å². The van der Waals surface area contributed by atoms with Crippen LogP contribution in [0.15, 0.2) is 0 Å². The molecule has 16 heavy (non-hydrogen) atoms. The monoisotopic (exact) mass is 270 g/mol. The molecular formula is C10H23O4PS. The highest BCUT2D eigenvalue weighted by Gasteiger charge is 2.36. The molecule has 0 fully saturated rings. The first-order valence-corrected chi connectivity index (χ1v) is 8.46. The minimum Gasteiger partial charge on any atom is -0.380 e. The van der Waals surface area contributed by atoms with Crippen LogP contribution >= 0.6 is 19.4 Å². The smallest absolute Gasteiger partial charge is 0.359 e. The first-order chi connectivity index (χ1) is 7.31. The summed E-state index contributed by atoms with van der Waals surface area (Å²) >= 11 is 1.59. The zero-order chi connectivity index (χ0) is 12.8. The quantitative estimate of drug-likeness (QED) is 0.687. The molecule has 0 aliphatic heterocycles. The molecule has 0 heterocycles. The minimum absolute atomic E-state index is 0.228. The van der Waals surface area contributed by atoms with Crippen LogP contribution in [0.3, 0.4) is 0 Å². The van der Waals surface area contributed by atoms with Crippen molar-refractivity contribution in [2.24, 2.45) is 0 Å². The summed E-state index contributed by atoms with van der Waals surface area (Å²) in [6.07, 6.45) is 1.89. The largest absolute Gasteiger partial charge is 0.380 e. The summed E-state index contributed by atoms with van der Waals surface area (Å²) in [7, 11) is -3.41. The second kappa shape index (κ2) is 7.72. The molecule has 6 heteroatoms. The minimum atomic E-state index is -3.41. The lowest BCUT2D eigenvalue weighted by Gasteiger charge is -2.26. The third kappa shape index (κ3) is 6.26. The van der Waals surface area contributed by atoms with Gasteiger partial charge in [0.1, 0.15) is 0 Å². The Morgan fingerprint density at radius 1 is 1.19 bits per heavy atom. The third-order valence-electron chi connectivity index (χ3n) is 1.66. The summed E-state index contributed by atoms with van der Waals surface area (Å²) in [5.74, 6) is -0.307. The van der Waals surface area contributed by atoms with Gasteiger partial charge in [0.2, 0.25) is 0 Å². The van der Waals surface area contributed by atoms with Crippen molar-refractivity contribution in [3.8, 4) is 0 Å². The maximum atomic E-state index is 12.3. The highest BCUT2D eigenvalue weighted by atomic mass is 32.2. The van der Waals surface area contributed by atoms with Crippen LogP contribution in [0.25, 0.3) is 0 Å². The Morgan fingerprint density at radius 2 is 1.62 bits per heavy atom. The molecule has 0 aliphatic rings. The SMILES string of the molecule is CSCC[C@@H](O)P(=O)(OC(C)C)OC(C)C. The number of aliphatic hydroxyl groups excluding tert-OH is 1. The highest BCUT2D eigenvalue weighted by Crippen LogP contribution is 2.55. The first kappa shape index (κ1) is 16.5. The van der Waals surface area contributed by atoms with E-state index in [1.54, 1.807) is 39.5 Å². The van der Waals surface area contributed by atoms with Gasteiger partial charge >= 0.3 is 7.60 Å². The van der Waals surface area contributed by atoms with Crippen LogP contribution in [-0.4, -0.2) is 35.2 Å². The summed E-state index contributed by atoms with van der Waals surface area (Å²) in [5.41, 5.74) is 0. The lowest BCUT2D eigenvalue weighted by molar-refractivity contribution is 0.100. The maximum absolute atomic E-state index is 12.3. The van der Waals surface area contributed by atoms with E-state index in [-0.39, 0.29) is 12.2 Å². The van der Waals surface area contributed by atoms with Gasteiger partial charge in [-0.2, -0.15) is 11.8 Å². The van der Waals surface area contributed by atoms with Gasteiger partial charge in [0.05, 0.1) is 12.2 Å². The lowest BCUT2D eigenvalue weighted by Crippen LogP contribution is -2.18. The van der Waals surface area contributed by atoms with E-state index in [9.17, 15) is 9.67 Å². The van der Waals surface area contributed by atoms with E-state index in [2.05, 4.69) is 0 Å². The van der Waals surface area contributed by atoms with Crippen molar-refractivity contribution in [2.75, 3.05) is 12.0 Å². The Labute approximate surface area is 103 Å². The van der Waals surface area contributed by atoms with Crippen LogP contribution in [0.5, 0.6) is 0 Å². The van der Waals surface area contributed by atoms with E-state index in [1.807, 2.05) is 6.26 Å². The Kier molecular flexibility index (Phi) is 7.94. The van der Waals surface area contributed by atoms with E-state index in [4.69, 9.17) is 9.05 Å². The van der Waals surface area contributed by atoms with E-state index < -0.39 is 13.4 Å². The second-order valence-electron chi connectivity index (χ2n) is 4.11. The average Bonchev–Trinajstić information content (AvgIpc) is 2.11. The van der Waals surface area contributed by atoms with Gasteiger partial charge in [-0.15, -0.1) is 0 Å². The molecule has 0 aromatic heterocycles. The lowest BCUT2D eigenvalue weighted by atomic mass is 10.5. The summed E-state index contributed by atoms with van der Waals surface area (Å²) in [4.78, 5) is 0. The van der Waals surface area contributed by atoms with Crippen LogP contribution in [-0.2, 0) is 13.6 Å². The van der Waals surface area contributed by atoms with E-state index in [0.29, 0.717) is 6.42 Å². The van der Waals surface area contributed by atoms with Gasteiger partial charge in [-0.1, -0.05) is 0 Å². The molecule has 0 saturated heterocycles. The van der Waals surface area contributed by atoms with Gasteiger partial charge in [0.25, 0.3) is 0 Å². The summed E-state index contributed by atoms with van der Waals surface area (Å²) < 4.78 is 22.9. The molecule has 1 atom stereocenters. The van der Waals surface area contributed by atoms with Crippen LogP contribution in [0.2, 0.25) is 0 Å². The van der Waals surface area contributed by atoms with Crippen molar-refractivity contribution >= 4 is 19.4 Å². The number of thioether (sulfide) groups is 1. The molecule has 0 aliphatic carbocycles. The topological polar surface area (TPSA) is 55.8 Å². The van der Waals surface area contributed by atoms with Crippen LogP contribution < -0.4 is 0 Å². The second-order valence-corrected chi connectivity index (χ2v) is 7.19. The Bertz CT molecular complexity index is 219. The van der Waals surface area contributed by atoms with Crippen molar-refractivity contribution in [3.05, 3.63) is 0 Å². The van der Waals surface area contributed by atoms with Gasteiger partial charge < -0.3 is 14.2 Å². The standard InChI is InChI=1S/C10H23O4PS/c1-8(2)13-15(12,14-9(3)4)10(11)6-7-16-5/h8-11H,6-7H2,1-5H3/t10-/m0/s1. The predicted molar refractivity (Wildman–Crippen MR) is 69.1 cm³/mol. The molecule has 0 spiro atoms. The van der Waals surface area contributed by atoms with Crippen LogP contribution in [0, 0.1) is 0 Å². The van der Waals surface area contributed by atoms with Gasteiger partial charge in [0.15, 0.2) is 5.85 Å². The normalized spacial score (nSPS) is 14.8. The molecule has 0 aromatic carbocycles. The van der Waals surface area contributed by atoms with Crippen molar-refractivity contribution in [1.29, 1.82) is 0 Å². The molecule has 0 saturated carbocycles. The third-order valence-corrected chi connectivity index (χ3v) is 4.72. The molecule has 0 unspecified atom stereocenters. The number of hydrogen-bond acceptors (Lipinski definition) is 5. The number of hydrogen-bond donors (Lipinski definition) is 1. The molecule has 98 valence electrons. The fourth-order valence-electron chi connectivity index (χ4n) is 1.13. The van der Waals surface area contributed by atoms with E-state index in [0.717, 1.165) is 5.75 Å². The predicted octanol–water partition coefficient (Wildman–Crippen LogP) is 3.10. The van der Waals surface area contributed by atoms with Gasteiger partial charge in [-0.05, 0) is 46.1 Å². The fraction of sp³-hybridized carbons (Fsp3) is 1.00. The summed E-state index contributed by atoms with van der Waals surface area (Å²) in [5, 5.41) is 9.87. The highest BCUT2D eigenvalue weighted by molar-refractivity contribution is 7.98. The Balaban J connectivity index is 4.56. The van der Waals surface area contributed by atoms with Crippen LogP contribution in [0.4, 0.5) is 0 Å². The fourth-order valence-corrected chi connectivity index (χ4v) is 3.72. The summed E-state index contributed by atoms with van der Waals surface area (Å²) in [6, 6.07) is 0. The van der Waals surface area contributed by atoms with Crippen molar-refractivity contribution in [3.63, 3.8) is 0 Å².